The van der Waals surface area contributed by atoms with Crippen molar-refractivity contribution < 1.29 is 4.74 Å². The number of hydrogen-bond donors (Lipinski definition) is 1. The molecule has 1 fully saturated rings. The lowest BCUT2D eigenvalue weighted by atomic mass is 10.3. The van der Waals surface area contributed by atoms with E-state index < -0.39 is 0 Å². The molecule has 1 aromatic heterocycles. The highest BCUT2D eigenvalue weighted by Crippen LogP contribution is 2.15. The molecule has 70 valence electrons. The summed E-state index contributed by atoms with van der Waals surface area (Å²) in [6, 6.07) is 3.81. The summed E-state index contributed by atoms with van der Waals surface area (Å²) in [5, 5.41) is 3.25. The number of ether oxygens (including phenoxy) is 1. The van der Waals surface area contributed by atoms with Crippen LogP contribution in [0.4, 0.5) is 0 Å². The molecule has 13 heavy (non-hydrogen) atoms. The highest BCUT2D eigenvalue weighted by atomic mass is 79.9. The van der Waals surface area contributed by atoms with E-state index in [4.69, 9.17) is 4.74 Å². The molecule has 0 spiro atoms. The van der Waals surface area contributed by atoms with Crippen LogP contribution in [0.2, 0.25) is 0 Å². The van der Waals surface area contributed by atoms with Crippen molar-refractivity contribution in [2.75, 3.05) is 13.1 Å². The van der Waals surface area contributed by atoms with E-state index in [1.807, 2.05) is 12.1 Å². The zero-order chi connectivity index (χ0) is 9.10. The van der Waals surface area contributed by atoms with E-state index in [0.29, 0.717) is 6.10 Å². The third-order valence-corrected chi connectivity index (χ3v) is 2.49. The van der Waals surface area contributed by atoms with Crippen LogP contribution in [-0.2, 0) is 0 Å². The first-order valence-electron chi connectivity index (χ1n) is 4.33. The van der Waals surface area contributed by atoms with Crippen molar-refractivity contribution in [1.82, 2.24) is 10.3 Å². The molecule has 2 rings (SSSR count). The number of rotatable bonds is 2. The van der Waals surface area contributed by atoms with Gasteiger partial charge in [-0.15, -0.1) is 0 Å². The number of aromatic nitrogens is 1. The van der Waals surface area contributed by atoms with E-state index in [1.54, 1.807) is 6.20 Å². The summed E-state index contributed by atoms with van der Waals surface area (Å²) in [7, 11) is 0. The van der Waals surface area contributed by atoms with Crippen LogP contribution in [0.5, 0.6) is 5.75 Å². The summed E-state index contributed by atoms with van der Waals surface area (Å²) in [5.74, 6) is 0.844. The second kappa shape index (κ2) is 4.07. The molecule has 1 saturated heterocycles. The summed E-state index contributed by atoms with van der Waals surface area (Å²) in [6.45, 7) is 1.99. The second-order valence-electron chi connectivity index (χ2n) is 3.05. The van der Waals surface area contributed by atoms with Gasteiger partial charge in [0, 0.05) is 6.54 Å². The van der Waals surface area contributed by atoms with Crippen molar-refractivity contribution in [1.29, 1.82) is 0 Å². The van der Waals surface area contributed by atoms with Gasteiger partial charge in [-0.2, -0.15) is 0 Å². The van der Waals surface area contributed by atoms with E-state index in [9.17, 15) is 0 Å². The maximum absolute atomic E-state index is 5.68. The summed E-state index contributed by atoms with van der Waals surface area (Å²) < 4.78 is 6.52. The lowest BCUT2D eigenvalue weighted by Crippen LogP contribution is -2.19. The van der Waals surface area contributed by atoms with Crippen molar-refractivity contribution in [3.05, 3.63) is 22.9 Å². The predicted molar refractivity (Wildman–Crippen MR) is 53.8 cm³/mol. The van der Waals surface area contributed by atoms with Crippen LogP contribution in [0.25, 0.3) is 0 Å². The summed E-state index contributed by atoms with van der Waals surface area (Å²) in [5.41, 5.74) is 0. The van der Waals surface area contributed by atoms with Crippen molar-refractivity contribution in [3.8, 4) is 5.75 Å². The van der Waals surface area contributed by atoms with Crippen LogP contribution in [0.3, 0.4) is 0 Å². The van der Waals surface area contributed by atoms with Crippen molar-refractivity contribution >= 4 is 15.9 Å². The molecule has 1 unspecified atom stereocenters. The standard InChI is InChI=1S/C9H11BrN2O/c10-9-2-1-7(6-12-9)13-8-3-4-11-5-8/h1-2,6,8,11H,3-5H2. The fraction of sp³-hybridized carbons (Fsp3) is 0.444. The highest BCUT2D eigenvalue weighted by molar-refractivity contribution is 9.10. The third-order valence-electron chi connectivity index (χ3n) is 2.02. The molecule has 1 aromatic rings. The third kappa shape index (κ3) is 2.42. The number of halogens is 1. The maximum Gasteiger partial charge on any atom is 0.138 e. The first-order valence-corrected chi connectivity index (χ1v) is 5.13. The smallest absolute Gasteiger partial charge is 0.138 e. The van der Waals surface area contributed by atoms with E-state index in [2.05, 4.69) is 26.2 Å². The Balaban J connectivity index is 1.97. The molecule has 0 radical (unpaired) electrons. The van der Waals surface area contributed by atoms with Gasteiger partial charge in [0.05, 0.1) is 6.20 Å². The lowest BCUT2D eigenvalue weighted by molar-refractivity contribution is 0.222. The van der Waals surface area contributed by atoms with Gasteiger partial charge in [-0.1, -0.05) is 0 Å². The summed E-state index contributed by atoms with van der Waals surface area (Å²) in [4.78, 5) is 4.09. The Morgan fingerprint density at radius 2 is 2.46 bits per heavy atom. The van der Waals surface area contributed by atoms with Crippen LogP contribution < -0.4 is 10.1 Å². The van der Waals surface area contributed by atoms with Gasteiger partial charge in [0.25, 0.3) is 0 Å². The molecule has 1 N–H and O–H groups in total. The van der Waals surface area contributed by atoms with Gasteiger partial charge < -0.3 is 10.1 Å². The summed E-state index contributed by atoms with van der Waals surface area (Å²) >= 11 is 3.28. The molecule has 0 bridgehead atoms. The minimum absolute atomic E-state index is 0.308. The molecule has 1 atom stereocenters. The monoisotopic (exact) mass is 242 g/mol. The minimum atomic E-state index is 0.308. The Morgan fingerprint density at radius 3 is 3.08 bits per heavy atom. The summed E-state index contributed by atoms with van der Waals surface area (Å²) in [6.07, 6.45) is 3.13. The molecular formula is C9H11BrN2O. The SMILES string of the molecule is Brc1ccc(OC2CCNC2)cn1. The van der Waals surface area contributed by atoms with E-state index >= 15 is 0 Å². The van der Waals surface area contributed by atoms with Gasteiger partial charge in [0.2, 0.25) is 0 Å². The molecule has 0 aromatic carbocycles. The maximum atomic E-state index is 5.68. The molecular weight excluding hydrogens is 232 g/mol. The molecule has 0 aliphatic carbocycles. The van der Waals surface area contributed by atoms with Crippen molar-refractivity contribution in [3.63, 3.8) is 0 Å². The number of pyridine rings is 1. The van der Waals surface area contributed by atoms with Crippen LogP contribution >= 0.6 is 15.9 Å². The van der Waals surface area contributed by atoms with Crippen molar-refractivity contribution in [2.24, 2.45) is 0 Å². The van der Waals surface area contributed by atoms with Gasteiger partial charge in [0.1, 0.15) is 16.5 Å². The van der Waals surface area contributed by atoms with Gasteiger partial charge in [-0.3, -0.25) is 0 Å². The molecule has 3 nitrogen and oxygen atoms in total. The molecule has 2 heterocycles. The molecule has 1 aliphatic rings. The van der Waals surface area contributed by atoms with Gasteiger partial charge in [0.15, 0.2) is 0 Å². The highest BCUT2D eigenvalue weighted by Gasteiger charge is 2.15. The van der Waals surface area contributed by atoms with Gasteiger partial charge >= 0.3 is 0 Å². The van der Waals surface area contributed by atoms with Crippen molar-refractivity contribution in [2.45, 2.75) is 12.5 Å². The largest absolute Gasteiger partial charge is 0.487 e. The first-order chi connectivity index (χ1) is 6.34. The van der Waals surface area contributed by atoms with E-state index in [1.165, 1.54) is 0 Å². The average molecular weight is 243 g/mol. The molecule has 0 amide bonds. The number of nitrogens with one attached hydrogen (secondary N) is 1. The molecule has 1 aliphatic heterocycles. The van der Waals surface area contributed by atoms with Crippen LogP contribution in [0.1, 0.15) is 6.42 Å². The lowest BCUT2D eigenvalue weighted by Gasteiger charge is -2.11. The van der Waals surface area contributed by atoms with Gasteiger partial charge in [-0.25, -0.2) is 4.98 Å². The Labute approximate surface area is 85.6 Å². The van der Waals surface area contributed by atoms with Crippen LogP contribution in [0.15, 0.2) is 22.9 Å². The number of hydrogen-bond acceptors (Lipinski definition) is 3. The predicted octanol–water partition coefficient (Wildman–Crippen LogP) is 1.58. The normalized spacial score (nSPS) is 21.8. The Hall–Kier alpha value is -0.610. The minimum Gasteiger partial charge on any atom is -0.487 e. The molecule has 0 saturated carbocycles. The fourth-order valence-corrected chi connectivity index (χ4v) is 1.59. The Kier molecular flexibility index (Phi) is 2.80. The van der Waals surface area contributed by atoms with Crippen LogP contribution in [0, 0.1) is 0 Å². The zero-order valence-corrected chi connectivity index (χ0v) is 8.75. The van der Waals surface area contributed by atoms with Crippen LogP contribution in [-0.4, -0.2) is 24.2 Å². The fourth-order valence-electron chi connectivity index (χ4n) is 1.35. The zero-order valence-electron chi connectivity index (χ0n) is 7.16. The Morgan fingerprint density at radius 1 is 1.54 bits per heavy atom. The van der Waals surface area contributed by atoms with E-state index in [-0.39, 0.29) is 0 Å². The first kappa shape index (κ1) is 8.97. The number of nitrogens with zero attached hydrogens (tertiary/aromatic N) is 1. The van der Waals surface area contributed by atoms with E-state index in [0.717, 1.165) is 29.9 Å². The Bertz CT molecular complexity index is 269. The second-order valence-corrected chi connectivity index (χ2v) is 3.86. The topological polar surface area (TPSA) is 34.1 Å². The average Bonchev–Trinajstić information content (AvgIpc) is 2.62. The quantitative estimate of drug-likeness (QED) is 0.801. The van der Waals surface area contributed by atoms with Gasteiger partial charge in [-0.05, 0) is 41.0 Å². The molecule has 4 heteroatoms.